The molecule has 64 valence electrons. The summed E-state index contributed by atoms with van der Waals surface area (Å²) in [6.07, 6.45) is 3.89. The van der Waals surface area contributed by atoms with E-state index in [-0.39, 0.29) is 0 Å². The third-order valence-electron chi connectivity index (χ3n) is 1.44. The van der Waals surface area contributed by atoms with Crippen LogP contribution in [0.15, 0.2) is 23.4 Å². The van der Waals surface area contributed by atoms with Crippen LogP contribution < -0.4 is 4.72 Å². The third kappa shape index (κ3) is 2.53. The van der Waals surface area contributed by atoms with Gasteiger partial charge in [0.2, 0.25) is 0 Å². The fourth-order valence-corrected chi connectivity index (χ4v) is 1.24. The maximum absolute atomic E-state index is 10.3. The van der Waals surface area contributed by atoms with Crippen LogP contribution in [0.2, 0.25) is 0 Å². The Labute approximate surface area is 74.0 Å². The summed E-state index contributed by atoms with van der Waals surface area (Å²) in [5.41, 5.74) is 1.53. The summed E-state index contributed by atoms with van der Waals surface area (Å²) in [6, 6.07) is 0. The Hall–Kier alpha value is -1.05. The van der Waals surface area contributed by atoms with Crippen LogP contribution in [0.1, 0.15) is 13.3 Å². The topological polar surface area (TPSA) is 52.2 Å². The predicted molar refractivity (Wildman–Crippen MR) is 46.3 cm³/mol. The van der Waals surface area contributed by atoms with E-state index in [4.69, 9.17) is 0 Å². The molecule has 1 aliphatic rings. The maximum Gasteiger partial charge on any atom is 0.0457 e. The van der Waals surface area contributed by atoms with Gasteiger partial charge in [-0.05, 0) is 24.6 Å². The molecular formula is C8H8NO2S-. The molecule has 0 radical (unpaired) electrons. The lowest BCUT2D eigenvalue weighted by atomic mass is 10.2. The predicted octanol–water partition coefficient (Wildman–Crippen LogP) is 0.607. The summed E-state index contributed by atoms with van der Waals surface area (Å²) in [5, 5.41) is 0. The van der Waals surface area contributed by atoms with Gasteiger partial charge in [0.25, 0.3) is 0 Å². The zero-order valence-electron chi connectivity index (χ0n) is 6.59. The van der Waals surface area contributed by atoms with Crippen molar-refractivity contribution in [2.24, 2.45) is 0 Å². The largest absolute Gasteiger partial charge is 0.755 e. The zero-order valence-corrected chi connectivity index (χ0v) is 7.40. The fraction of sp³-hybridized carbons (Fsp3) is 0.250. The highest BCUT2D eigenvalue weighted by atomic mass is 32.2. The Bertz CT molecular complexity index is 320. The second-order valence-electron chi connectivity index (χ2n) is 2.36. The van der Waals surface area contributed by atoms with E-state index in [0.29, 0.717) is 12.1 Å². The van der Waals surface area contributed by atoms with E-state index in [1.807, 2.05) is 6.92 Å². The molecule has 12 heavy (non-hydrogen) atoms. The molecule has 0 aromatic rings. The van der Waals surface area contributed by atoms with Crippen molar-refractivity contribution in [3.05, 3.63) is 23.4 Å². The van der Waals surface area contributed by atoms with E-state index in [9.17, 15) is 8.76 Å². The number of hydrogen-bond acceptors (Lipinski definition) is 2. The van der Waals surface area contributed by atoms with E-state index in [2.05, 4.69) is 16.6 Å². The lowest BCUT2D eigenvalue weighted by Crippen LogP contribution is -2.15. The van der Waals surface area contributed by atoms with Gasteiger partial charge in [-0.25, -0.2) is 0 Å². The Balaban J connectivity index is 2.80. The van der Waals surface area contributed by atoms with Crippen LogP contribution in [0.4, 0.5) is 0 Å². The van der Waals surface area contributed by atoms with Crippen LogP contribution in [0, 0.1) is 11.8 Å². The molecule has 0 saturated carbocycles. The zero-order chi connectivity index (χ0) is 8.97. The molecule has 0 amide bonds. The van der Waals surface area contributed by atoms with E-state index >= 15 is 0 Å². The molecule has 1 atom stereocenters. The van der Waals surface area contributed by atoms with Gasteiger partial charge in [0.05, 0.1) is 0 Å². The summed E-state index contributed by atoms with van der Waals surface area (Å²) < 4.78 is 22.9. The van der Waals surface area contributed by atoms with Gasteiger partial charge in [-0.3, -0.25) is 4.21 Å². The molecule has 3 nitrogen and oxygen atoms in total. The Morgan fingerprint density at radius 1 is 1.75 bits per heavy atom. The molecule has 0 fully saturated rings. The van der Waals surface area contributed by atoms with Gasteiger partial charge >= 0.3 is 0 Å². The molecule has 1 unspecified atom stereocenters. The second-order valence-corrected chi connectivity index (χ2v) is 3.04. The molecule has 0 aromatic carbocycles. The highest BCUT2D eigenvalue weighted by molar-refractivity contribution is 7.77. The van der Waals surface area contributed by atoms with Crippen molar-refractivity contribution >= 4 is 11.3 Å². The number of rotatable bonds is 2. The Morgan fingerprint density at radius 2 is 2.50 bits per heavy atom. The molecule has 0 aliphatic heterocycles. The molecular weight excluding hydrogens is 174 g/mol. The van der Waals surface area contributed by atoms with Gasteiger partial charge in [0.15, 0.2) is 0 Å². The molecule has 1 N–H and O–H groups in total. The van der Waals surface area contributed by atoms with E-state index < -0.39 is 11.3 Å². The van der Waals surface area contributed by atoms with Crippen LogP contribution >= 0.6 is 0 Å². The standard InChI is InChI=1S/C8H9NO2S/c1-7-5-3-2-4-6-8(7)9-12(10)11/h4,6,9H,5H2,1H3,(H,10,11)/p-1. The van der Waals surface area contributed by atoms with Gasteiger partial charge in [-0.2, -0.15) is 0 Å². The summed E-state index contributed by atoms with van der Waals surface area (Å²) in [4.78, 5) is 0. The van der Waals surface area contributed by atoms with Crippen molar-refractivity contribution in [2.45, 2.75) is 13.3 Å². The fourth-order valence-electron chi connectivity index (χ4n) is 0.816. The first-order chi connectivity index (χ1) is 5.70. The van der Waals surface area contributed by atoms with Gasteiger partial charge in [-0.1, -0.05) is 11.8 Å². The Kier molecular flexibility index (Phi) is 3.09. The molecule has 0 saturated heterocycles. The first-order valence-corrected chi connectivity index (χ1v) is 4.48. The van der Waals surface area contributed by atoms with Crippen LogP contribution in [-0.4, -0.2) is 8.76 Å². The van der Waals surface area contributed by atoms with Crippen LogP contribution in [0.3, 0.4) is 0 Å². The van der Waals surface area contributed by atoms with Gasteiger partial charge in [0, 0.05) is 23.4 Å². The summed E-state index contributed by atoms with van der Waals surface area (Å²) in [5.74, 6) is 5.63. The summed E-state index contributed by atoms with van der Waals surface area (Å²) in [7, 11) is 0. The van der Waals surface area contributed by atoms with E-state index in [0.717, 1.165) is 5.57 Å². The number of nitrogens with one attached hydrogen (secondary N) is 1. The lowest BCUT2D eigenvalue weighted by molar-refractivity contribution is 0.529. The van der Waals surface area contributed by atoms with Crippen LogP contribution in [0.25, 0.3) is 0 Å². The van der Waals surface area contributed by atoms with Crippen molar-refractivity contribution in [1.29, 1.82) is 0 Å². The minimum Gasteiger partial charge on any atom is -0.755 e. The SMILES string of the molecule is CC1=C(NS(=O)[O-])C=CC#CC1. The monoisotopic (exact) mass is 182 g/mol. The van der Waals surface area contributed by atoms with Gasteiger partial charge in [-0.15, -0.1) is 0 Å². The molecule has 0 aromatic heterocycles. The third-order valence-corrected chi connectivity index (χ3v) is 1.83. The van der Waals surface area contributed by atoms with Crippen molar-refractivity contribution < 1.29 is 8.76 Å². The highest BCUT2D eigenvalue weighted by Gasteiger charge is 1.98. The maximum atomic E-state index is 10.3. The Morgan fingerprint density at radius 3 is 3.17 bits per heavy atom. The average Bonchev–Trinajstić information content (AvgIpc) is 2.16. The van der Waals surface area contributed by atoms with Crippen molar-refractivity contribution in [2.75, 3.05) is 0 Å². The highest BCUT2D eigenvalue weighted by Crippen LogP contribution is 2.08. The van der Waals surface area contributed by atoms with Crippen molar-refractivity contribution in [3.63, 3.8) is 0 Å². The molecule has 4 heteroatoms. The molecule has 1 aliphatic carbocycles. The molecule has 0 bridgehead atoms. The molecule has 1 rings (SSSR count). The number of hydrogen-bond donors (Lipinski definition) is 1. The second kappa shape index (κ2) is 4.10. The van der Waals surface area contributed by atoms with Crippen molar-refractivity contribution in [3.8, 4) is 11.8 Å². The minimum atomic E-state index is -2.26. The smallest absolute Gasteiger partial charge is 0.0457 e. The quantitative estimate of drug-likeness (QED) is 0.502. The molecule has 0 heterocycles. The first-order valence-electron chi connectivity index (χ1n) is 3.41. The van der Waals surface area contributed by atoms with Crippen LogP contribution in [0.5, 0.6) is 0 Å². The lowest BCUT2D eigenvalue weighted by Gasteiger charge is -2.11. The minimum absolute atomic E-state index is 0.598. The van der Waals surface area contributed by atoms with E-state index in [1.54, 1.807) is 12.2 Å². The van der Waals surface area contributed by atoms with Gasteiger partial charge in [0.1, 0.15) is 0 Å². The summed E-state index contributed by atoms with van der Waals surface area (Å²) in [6.45, 7) is 1.85. The van der Waals surface area contributed by atoms with Crippen molar-refractivity contribution in [1.82, 2.24) is 4.72 Å². The first kappa shape index (κ1) is 9.04. The number of allylic oxidation sites excluding steroid dienone is 3. The van der Waals surface area contributed by atoms with Crippen LogP contribution in [-0.2, 0) is 11.3 Å². The van der Waals surface area contributed by atoms with E-state index in [1.165, 1.54) is 0 Å². The molecule has 0 spiro atoms. The normalized spacial score (nSPS) is 17.8. The summed E-state index contributed by atoms with van der Waals surface area (Å²) >= 11 is -2.26. The average molecular weight is 182 g/mol. The van der Waals surface area contributed by atoms with Gasteiger partial charge < -0.3 is 9.27 Å².